The second-order valence-electron chi connectivity index (χ2n) is 4.90. The van der Waals surface area contributed by atoms with Crippen LogP contribution >= 0.6 is 23.4 Å². The zero-order valence-electron chi connectivity index (χ0n) is 13.6. The highest BCUT2D eigenvalue weighted by Gasteiger charge is 2.08. The summed E-state index contributed by atoms with van der Waals surface area (Å²) in [6.07, 6.45) is 3.77. The van der Waals surface area contributed by atoms with Crippen molar-refractivity contribution in [3.05, 3.63) is 58.6 Å². The molecule has 0 saturated carbocycles. The fraction of sp³-hybridized carbons (Fsp3) is 0.222. The molecule has 0 aliphatic carbocycles. The summed E-state index contributed by atoms with van der Waals surface area (Å²) in [5.74, 6) is 0.537. The van der Waals surface area contributed by atoms with Crippen molar-refractivity contribution < 1.29 is 9.53 Å². The zero-order valence-corrected chi connectivity index (χ0v) is 15.2. The van der Waals surface area contributed by atoms with Crippen LogP contribution in [0.2, 0.25) is 5.02 Å². The lowest BCUT2D eigenvalue weighted by Gasteiger charge is -2.07. The summed E-state index contributed by atoms with van der Waals surface area (Å²) in [7, 11) is 0. The third-order valence-electron chi connectivity index (χ3n) is 3.21. The number of rotatable bonds is 7. The molecule has 0 heterocycles. The van der Waals surface area contributed by atoms with Crippen LogP contribution in [0.15, 0.2) is 52.5 Å². The number of ether oxygens (including phenoxy) is 1. The fourth-order valence-corrected chi connectivity index (χ4v) is 2.94. The van der Waals surface area contributed by atoms with E-state index >= 15 is 0 Å². The number of nitrogens with one attached hydrogen (secondary N) is 1. The van der Waals surface area contributed by atoms with Crippen molar-refractivity contribution >= 4 is 35.5 Å². The van der Waals surface area contributed by atoms with Gasteiger partial charge in [-0.3, -0.25) is 4.79 Å². The van der Waals surface area contributed by atoms with Gasteiger partial charge in [0.05, 0.1) is 19.2 Å². The Morgan fingerprint density at radius 3 is 2.88 bits per heavy atom. The van der Waals surface area contributed by atoms with Crippen LogP contribution in [0, 0.1) is 0 Å². The third kappa shape index (κ3) is 5.28. The topological polar surface area (TPSA) is 50.7 Å². The number of thioether (sulfide) groups is 1. The quantitative estimate of drug-likeness (QED) is 0.457. The van der Waals surface area contributed by atoms with Crippen molar-refractivity contribution in [1.29, 1.82) is 0 Å². The Hall–Kier alpha value is -1.98. The van der Waals surface area contributed by atoms with Gasteiger partial charge in [-0.05, 0) is 49.1 Å². The summed E-state index contributed by atoms with van der Waals surface area (Å²) >= 11 is 7.58. The second-order valence-corrected chi connectivity index (χ2v) is 6.18. The number of hydrogen-bond acceptors (Lipinski definition) is 4. The first-order valence-corrected chi connectivity index (χ1v) is 9.10. The molecule has 0 aliphatic heterocycles. The highest BCUT2D eigenvalue weighted by Crippen LogP contribution is 2.24. The van der Waals surface area contributed by atoms with Gasteiger partial charge in [0, 0.05) is 15.5 Å². The monoisotopic (exact) mass is 362 g/mol. The Balaban J connectivity index is 2.00. The highest BCUT2D eigenvalue weighted by atomic mass is 35.5. The molecule has 0 spiro atoms. The van der Waals surface area contributed by atoms with Gasteiger partial charge in [0.2, 0.25) is 5.91 Å². The Bertz CT molecular complexity index is 735. The molecule has 0 bridgehead atoms. The fourth-order valence-electron chi connectivity index (χ4n) is 2.15. The number of amides is 1. The highest BCUT2D eigenvalue weighted by molar-refractivity contribution is 7.98. The molecular formula is C18H19ClN2O2S. The summed E-state index contributed by atoms with van der Waals surface area (Å²) in [6, 6.07) is 13.1. The SMILES string of the molecule is CCOc1ccccc1/C=N\NC(=O)Cc1cc(Cl)ccc1SC. The first-order chi connectivity index (χ1) is 11.6. The van der Waals surface area contributed by atoms with Gasteiger partial charge in [-0.2, -0.15) is 5.10 Å². The lowest BCUT2D eigenvalue weighted by molar-refractivity contribution is -0.120. The number of carbonyl (C=O) groups excluding carboxylic acids is 1. The molecule has 2 aromatic carbocycles. The Morgan fingerprint density at radius 2 is 2.12 bits per heavy atom. The van der Waals surface area contributed by atoms with Crippen molar-refractivity contribution in [2.45, 2.75) is 18.2 Å². The molecule has 0 radical (unpaired) electrons. The van der Waals surface area contributed by atoms with Crippen LogP contribution < -0.4 is 10.2 Å². The minimum Gasteiger partial charge on any atom is -0.493 e. The average molecular weight is 363 g/mol. The number of hydrazone groups is 1. The van der Waals surface area contributed by atoms with Gasteiger partial charge in [0.1, 0.15) is 5.75 Å². The molecule has 0 atom stereocenters. The van der Waals surface area contributed by atoms with Gasteiger partial charge in [0.15, 0.2) is 0 Å². The van der Waals surface area contributed by atoms with Gasteiger partial charge >= 0.3 is 0 Å². The van der Waals surface area contributed by atoms with E-state index in [9.17, 15) is 4.79 Å². The van der Waals surface area contributed by atoms with Crippen LogP contribution in [0.4, 0.5) is 0 Å². The molecule has 0 saturated heterocycles. The van der Waals surface area contributed by atoms with E-state index in [1.807, 2.05) is 49.6 Å². The normalized spacial score (nSPS) is 10.8. The first-order valence-electron chi connectivity index (χ1n) is 7.50. The number of nitrogens with zero attached hydrogens (tertiary/aromatic N) is 1. The standard InChI is InChI=1S/C18H19ClN2O2S/c1-3-23-16-7-5-4-6-13(16)12-20-21-18(22)11-14-10-15(19)8-9-17(14)24-2/h4-10,12H,3,11H2,1-2H3,(H,21,22)/b20-12-. The van der Waals surface area contributed by atoms with Gasteiger partial charge in [-0.25, -0.2) is 5.43 Å². The van der Waals surface area contributed by atoms with E-state index in [1.165, 1.54) is 0 Å². The van der Waals surface area contributed by atoms with E-state index in [2.05, 4.69) is 10.5 Å². The molecule has 24 heavy (non-hydrogen) atoms. The molecule has 2 rings (SSSR count). The van der Waals surface area contributed by atoms with Crippen molar-refractivity contribution in [3.8, 4) is 5.75 Å². The van der Waals surface area contributed by atoms with Crippen LogP contribution in [-0.4, -0.2) is 25.0 Å². The maximum Gasteiger partial charge on any atom is 0.244 e. The number of benzene rings is 2. The zero-order chi connectivity index (χ0) is 17.4. The molecule has 1 amide bonds. The number of hydrogen-bond donors (Lipinski definition) is 1. The Labute approximate surface area is 151 Å². The third-order valence-corrected chi connectivity index (χ3v) is 4.28. The van der Waals surface area contributed by atoms with Crippen molar-refractivity contribution in [1.82, 2.24) is 5.43 Å². The average Bonchev–Trinajstić information content (AvgIpc) is 2.57. The lowest BCUT2D eigenvalue weighted by Crippen LogP contribution is -2.20. The molecular weight excluding hydrogens is 344 g/mol. The molecule has 0 aromatic heterocycles. The van der Waals surface area contributed by atoms with Crippen molar-refractivity contribution in [2.75, 3.05) is 12.9 Å². The first kappa shape index (κ1) is 18.4. The lowest BCUT2D eigenvalue weighted by atomic mass is 10.1. The van der Waals surface area contributed by atoms with Crippen LogP contribution in [0.1, 0.15) is 18.1 Å². The van der Waals surface area contributed by atoms with E-state index in [4.69, 9.17) is 16.3 Å². The summed E-state index contributed by atoms with van der Waals surface area (Å²) < 4.78 is 5.51. The van der Waals surface area contributed by atoms with Crippen LogP contribution in [0.5, 0.6) is 5.75 Å². The Kier molecular flexibility index (Phi) is 7.15. The minimum atomic E-state index is -0.197. The van der Waals surface area contributed by atoms with E-state index in [0.29, 0.717) is 11.6 Å². The smallest absolute Gasteiger partial charge is 0.244 e. The van der Waals surface area contributed by atoms with E-state index in [1.54, 1.807) is 24.0 Å². The van der Waals surface area contributed by atoms with Gasteiger partial charge < -0.3 is 4.74 Å². The van der Waals surface area contributed by atoms with Gasteiger partial charge in [-0.1, -0.05) is 23.7 Å². The van der Waals surface area contributed by atoms with Crippen LogP contribution in [-0.2, 0) is 11.2 Å². The predicted octanol–water partition coefficient (Wildman–Crippen LogP) is 4.15. The van der Waals surface area contributed by atoms with E-state index in [0.717, 1.165) is 21.8 Å². The van der Waals surface area contributed by atoms with Crippen LogP contribution in [0.3, 0.4) is 0 Å². The predicted molar refractivity (Wildman–Crippen MR) is 100 cm³/mol. The van der Waals surface area contributed by atoms with Crippen molar-refractivity contribution in [3.63, 3.8) is 0 Å². The molecule has 0 aliphatic rings. The van der Waals surface area contributed by atoms with E-state index in [-0.39, 0.29) is 12.3 Å². The molecule has 0 fully saturated rings. The number of para-hydroxylation sites is 1. The number of halogens is 1. The summed E-state index contributed by atoms with van der Waals surface area (Å²) in [5, 5.41) is 4.63. The molecule has 6 heteroatoms. The van der Waals surface area contributed by atoms with Gasteiger partial charge in [0.25, 0.3) is 0 Å². The molecule has 0 unspecified atom stereocenters. The van der Waals surface area contributed by atoms with Gasteiger partial charge in [-0.15, -0.1) is 11.8 Å². The minimum absolute atomic E-state index is 0.197. The maximum absolute atomic E-state index is 12.1. The Morgan fingerprint density at radius 1 is 1.33 bits per heavy atom. The van der Waals surface area contributed by atoms with Crippen LogP contribution in [0.25, 0.3) is 0 Å². The molecule has 2 aromatic rings. The summed E-state index contributed by atoms with van der Waals surface area (Å²) in [4.78, 5) is 13.1. The largest absolute Gasteiger partial charge is 0.493 e. The molecule has 126 valence electrons. The second kappa shape index (κ2) is 9.35. The molecule has 4 nitrogen and oxygen atoms in total. The van der Waals surface area contributed by atoms with E-state index < -0.39 is 0 Å². The summed E-state index contributed by atoms with van der Waals surface area (Å²) in [5.41, 5.74) is 4.24. The maximum atomic E-state index is 12.1. The number of carbonyl (C=O) groups is 1. The summed E-state index contributed by atoms with van der Waals surface area (Å²) in [6.45, 7) is 2.49. The van der Waals surface area contributed by atoms with Crippen molar-refractivity contribution in [2.24, 2.45) is 5.10 Å². The molecule has 1 N–H and O–H groups in total.